The number of nitrogens with two attached hydrogens (primary N) is 1. The molecule has 0 fully saturated rings. The molecule has 1 aromatic carbocycles. The van der Waals surface area contributed by atoms with Crippen molar-refractivity contribution in [1.29, 1.82) is 5.26 Å². The third kappa shape index (κ3) is 3.12. The van der Waals surface area contributed by atoms with Gasteiger partial charge in [0, 0.05) is 6.54 Å². The SMILES string of the molecule is N#Cc1ccc(Cl)c(NC(=O)c2cn(CCN)nn2)c1. The highest BCUT2D eigenvalue weighted by atomic mass is 35.5. The van der Waals surface area contributed by atoms with Crippen LogP contribution in [-0.2, 0) is 6.54 Å². The van der Waals surface area contributed by atoms with Gasteiger partial charge in [-0.3, -0.25) is 9.48 Å². The van der Waals surface area contributed by atoms with Crippen LogP contribution in [-0.4, -0.2) is 27.4 Å². The topological polar surface area (TPSA) is 110 Å². The van der Waals surface area contributed by atoms with Crippen molar-refractivity contribution >= 4 is 23.2 Å². The maximum atomic E-state index is 12.0. The van der Waals surface area contributed by atoms with Gasteiger partial charge in [0.2, 0.25) is 0 Å². The number of halogens is 1. The molecule has 20 heavy (non-hydrogen) atoms. The Hall–Kier alpha value is -2.43. The van der Waals surface area contributed by atoms with E-state index in [1.165, 1.54) is 16.9 Å². The van der Waals surface area contributed by atoms with E-state index < -0.39 is 5.91 Å². The van der Waals surface area contributed by atoms with Gasteiger partial charge in [-0.15, -0.1) is 5.10 Å². The molecule has 1 heterocycles. The van der Waals surface area contributed by atoms with Crippen LogP contribution in [0.5, 0.6) is 0 Å². The molecule has 0 spiro atoms. The minimum absolute atomic E-state index is 0.150. The Bertz CT molecular complexity index is 675. The molecule has 0 aliphatic carbocycles. The van der Waals surface area contributed by atoms with Crippen LogP contribution in [0.4, 0.5) is 5.69 Å². The lowest BCUT2D eigenvalue weighted by Gasteiger charge is -2.05. The number of anilines is 1. The summed E-state index contributed by atoms with van der Waals surface area (Å²) in [7, 11) is 0. The average Bonchev–Trinajstić information content (AvgIpc) is 2.90. The molecule has 8 heteroatoms. The zero-order chi connectivity index (χ0) is 14.5. The molecular formula is C12H11ClN6O. The Labute approximate surface area is 119 Å². The van der Waals surface area contributed by atoms with E-state index in [-0.39, 0.29) is 5.69 Å². The lowest BCUT2D eigenvalue weighted by atomic mass is 10.2. The van der Waals surface area contributed by atoms with E-state index in [9.17, 15) is 4.79 Å². The van der Waals surface area contributed by atoms with Crippen molar-refractivity contribution < 1.29 is 4.79 Å². The third-order valence-electron chi connectivity index (χ3n) is 2.47. The third-order valence-corrected chi connectivity index (χ3v) is 2.80. The Balaban J connectivity index is 2.16. The van der Waals surface area contributed by atoms with Crippen molar-refractivity contribution in [2.45, 2.75) is 6.54 Å². The van der Waals surface area contributed by atoms with E-state index in [0.717, 1.165) is 0 Å². The van der Waals surface area contributed by atoms with Crippen molar-refractivity contribution in [3.05, 3.63) is 40.7 Å². The van der Waals surface area contributed by atoms with Crippen molar-refractivity contribution in [3.8, 4) is 6.07 Å². The molecule has 0 aliphatic rings. The first-order valence-corrected chi connectivity index (χ1v) is 6.13. The summed E-state index contributed by atoms with van der Waals surface area (Å²) in [5.74, 6) is -0.453. The lowest BCUT2D eigenvalue weighted by molar-refractivity contribution is 0.102. The summed E-state index contributed by atoms with van der Waals surface area (Å²) in [6, 6.07) is 6.57. The first-order valence-electron chi connectivity index (χ1n) is 5.75. The van der Waals surface area contributed by atoms with Gasteiger partial charge in [0.1, 0.15) is 0 Å². The monoisotopic (exact) mass is 290 g/mol. The number of aromatic nitrogens is 3. The first kappa shape index (κ1) is 14.0. The molecule has 7 nitrogen and oxygen atoms in total. The summed E-state index contributed by atoms with van der Waals surface area (Å²) in [4.78, 5) is 12.0. The molecule has 0 saturated carbocycles. The highest BCUT2D eigenvalue weighted by Crippen LogP contribution is 2.23. The van der Waals surface area contributed by atoms with Gasteiger partial charge in [0.25, 0.3) is 5.91 Å². The predicted octanol–water partition coefficient (Wildman–Crippen LogP) is 1.01. The lowest BCUT2D eigenvalue weighted by Crippen LogP contribution is -2.13. The van der Waals surface area contributed by atoms with Gasteiger partial charge in [-0.1, -0.05) is 16.8 Å². The number of hydrogen-bond acceptors (Lipinski definition) is 5. The number of rotatable bonds is 4. The van der Waals surface area contributed by atoms with Crippen molar-refractivity contribution in [2.75, 3.05) is 11.9 Å². The largest absolute Gasteiger partial charge is 0.329 e. The fourth-order valence-corrected chi connectivity index (χ4v) is 1.69. The number of nitriles is 1. The number of benzene rings is 1. The Morgan fingerprint density at radius 3 is 3.05 bits per heavy atom. The van der Waals surface area contributed by atoms with Crippen LogP contribution in [0.2, 0.25) is 5.02 Å². The highest BCUT2D eigenvalue weighted by molar-refractivity contribution is 6.33. The first-order chi connectivity index (χ1) is 9.63. The summed E-state index contributed by atoms with van der Waals surface area (Å²) >= 11 is 5.96. The van der Waals surface area contributed by atoms with Gasteiger partial charge >= 0.3 is 0 Å². The maximum Gasteiger partial charge on any atom is 0.277 e. The fourth-order valence-electron chi connectivity index (χ4n) is 1.52. The molecule has 0 unspecified atom stereocenters. The molecule has 0 aliphatic heterocycles. The second-order valence-corrected chi connectivity index (χ2v) is 4.32. The van der Waals surface area contributed by atoms with Gasteiger partial charge in [-0.05, 0) is 18.2 Å². The molecule has 2 aromatic rings. The predicted molar refractivity (Wildman–Crippen MR) is 73.2 cm³/mol. The van der Waals surface area contributed by atoms with Gasteiger partial charge in [0.15, 0.2) is 5.69 Å². The van der Waals surface area contributed by atoms with Gasteiger partial charge in [0.05, 0.1) is 35.1 Å². The highest BCUT2D eigenvalue weighted by Gasteiger charge is 2.13. The smallest absolute Gasteiger partial charge is 0.277 e. The average molecular weight is 291 g/mol. The molecule has 1 aromatic heterocycles. The van der Waals surface area contributed by atoms with Crippen LogP contribution >= 0.6 is 11.6 Å². The summed E-state index contributed by atoms with van der Waals surface area (Å²) in [5.41, 5.74) is 6.28. The minimum Gasteiger partial charge on any atom is -0.329 e. The van der Waals surface area contributed by atoms with E-state index in [1.54, 1.807) is 12.1 Å². The number of amides is 1. The standard InChI is InChI=1S/C12H11ClN6O/c13-9-2-1-8(6-15)5-10(9)16-12(20)11-7-19(4-3-14)18-17-11/h1-2,5,7H,3-4,14H2,(H,16,20). The van der Waals surface area contributed by atoms with Crippen LogP contribution in [0, 0.1) is 11.3 Å². The Morgan fingerprint density at radius 1 is 1.55 bits per heavy atom. The molecule has 102 valence electrons. The number of nitrogens with one attached hydrogen (secondary N) is 1. The molecule has 0 saturated heterocycles. The van der Waals surface area contributed by atoms with E-state index in [4.69, 9.17) is 22.6 Å². The number of carbonyl (C=O) groups is 1. The molecule has 2 rings (SSSR count). The van der Waals surface area contributed by atoms with E-state index >= 15 is 0 Å². The molecule has 0 atom stereocenters. The second kappa shape index (κ2) is 6.14. The van der Waals surface area contributed by atoms with Crippen LogP contribution in [0.25, 0.3) is 0 Å². The summed E-state index contributed by atoms with van der Waals surface area (Å²) in [6.45, 7) is 0.880. The van der Waals surface area contributed by atoms with Crippen LogP contribution in [0.15, 0.2) is 24.4 Å². The van der Waals surface area contributed by atoms with Crippen molar-refractivity contribution in [1.82, 2.24) is 15.0 Å². The Morgan fingerprint density at radius 2 is 2.35 bits per heavy atom. The zero-order valence-electron chi connectivity index (χ0n) is 10.4. The second-order valence-electron chi connectivity index (χ2n) is 3.92. The number of nitrogens with zero attached hydrogens (tertiary/aromatic N) is 4. The summed E-state index contributed by atoms with van der Waals surface area (Å²) in [5, 5.41) is 19.3. The van der Waals surface area contributed by atoms with Crippen LogP contribution in [0.3, 0.4) is 0 Å². The molecule has 3 N–H and O–H groups in total. The molecule has 0 bridgehead atoms. The number of hydrogen-bond donors (Lipinski definition) is 2. The zero-order valence-corrected chi connectivity index (χ0v) is 11.1. The van der Waals surface area contributed by atoms with Crippen molar-refractivity contribution in [3.63, 3.8) is 0 Å². The molecular weight excluding hydrogens is 280 g/mol. The summed E-state index contributed by atoms with van der Waals surface area (Å²) < 4.78 is 1.47. The maximum absolute atomic E-state index is 12.0. The van der Waals surface area contributed by atoms with Gasteiger partial charge in [-0.25, -0.2) is 0 Å². The fraction of sp³-hybridized carbons (Fsp3) is 0.167. The van der Waals surface area contributed by atoms with Gasteiger partial charge < -0.3 is 11.1 Å². The van der Waals surface area contributed by atoms with E-state index in [1.807, 2.05) is 6.07 Å². The Kier molecular flexibility index (Phi) is 4.30. The van der Waals surface area contributed by atoms with E-state index in [0.29, 0.717) is 29.4 Å². The van der Waals surface area contributed by atoms with E-state index in [2.05, 4.69) is 15.6 Å². The van der Waals surface area contributed by atoms with Crippen molar-refractivity contribution in [2.24, 2.45) is 5.73 Å². The molecule has 1 amide bonds. The summed E-state index contributed by atoms with van der Waals surface area (Å²) in [6.07, 6.45) is 1.49. The van der Waals surface area contributed by atoms with Crippen LogP contribution in [0.1, 0.15) is 16.1 Å². The number of carbonyl (C=O) groups excluding carboxylic acids is 1. The van der Waals surface area contributed by atoms with Gasteiger partial charge in [-0.2, -0.15) is 5.26 Å². The molecule has 0 radical (unpaired) electrons. The quantitative estimate of drug-likeness (QED) is 0.873. The normalized spacial score (nSPS) is 10.1. The van der Waals surface area contributed by atoms with Crippen LogP contribution < -0.4 is 11.1 Å². The minimum atomic E-state index is -0.453.